The number of amides is 3. The fourth-order valence-electron chi connectivity index (χ4n) is 2.58. The Bertz CT molecular complexity index is 991. The number of nitrogens with zero attached hydrogens (tertiary/aromatic N) is 1. The van der Waals surface area contributed by atoms with Crippen molar-refractivity contribution in [3.63, 3.8) is 0 Å². The number of ether oxygens (including phenoxy) is 2. The van der Waals surface area contributed by atoms with E-state index in [9.17, 15) is 14.4 Å². The van der Waals surface area contributed by atoms with Crippen molar-refractivity contribution in [2.45, 2.75) is 0 Å². The number of carbonyl (C=O) groups excluding carboxylic acids is 3. The van der Waals surface area contributed by atoms with E-state index in [2.05, 4.69) is 5.32 Å². The maximum atomic E-state index is 12.5. The molecule has 1 heterocycles. The molecule has 0 aliphatic carbocycles. The number of imide groups is 1. The number of thioether (sulfide) groups is 1. The highest BCUT2D eigenvalue weighted by Crippen LogP contribution is 2.32. The molecule has 0 spiro atoms. The van der Waals surface area contributed by atoms with Crippen LogP contribution in [0, 0.1) is 0 Å². The molecule has 0 bridgehead atoms. The van der Waals surface area contributed by atoms with Crippen molar-refractivity contribution in [2.75, 3.05) is 26.1 Å². The van der Waals surface area contributed by atoms with Gasteiger partial charge in [0, 0.05) is 5.69 Å². The Morgan fingerprint density at radius 3 is 2.48 bits per heavy atom. The van der Waals surface area contributed by atoms with Gasteiger partial charge in [0.1, 0.15) is 18.0 Å². The second kappa shape index (κ2) is 9.02. The number of methoxy groups -OCH3 is 2. The van der Waals surface area contributed by atoms with Crippen LogP contribution >= 0.6 is 23.4 Å². The fraction of sp³-hybridized carbons (Fsp3) is 0.150. The maximum Gasteiger partial charge on any atom is 0.294 e. The van der Waals surface area contributed by atoms with E-state index in [1.165, 1.54) is 13.2 Å². The van der Waals surface area contributed by atoms with Crippen LogP contribution in [0.25, 0.3) is 6.08 Å². The fourth-order valence-corrected chi connectivity index (χ4v) is 3.67. The van der Waals surface area contributed by atoms with E-state index in [0.717, 1.165) is 22.2 Å². The number of benzene rings is 2. The highest BCUT2D eigenvalue weighted by atomic mass is 35.5. The van der Waals surface area contributed by atoms with Gasteiger partial charge in [-0.15, -0.1) is 0 Å². The highest BCUT2D eigenvalue weighted by Gasteiger charge is 2.36. The van der Waals surface area contributed by atoms with E-state index in [4.69, 9.17) is 21.1 Å². The van der Waals surface area contributed by atoms with Crippen LogP contribution in [-0.2, 0) is 9.59 Å². The zero-order valence-electron chi connectivity index (χ0n) is 15.6. The van der Waals surface area contributed by atoms with Gasteiger partial charge in [0.25, 0.3) is 11.1 Å². The highest BCUT2D eigenvalue weighted by molar-refractivity contribution is 8.18. The molecule has 29 heavy (non-hydrogen) atoms. The van der Waals surface area contributed by atoms with E-state index < -0.39 is 23.6 Å². The molecule has 3 amide bonds. The lowest BCUT2D eigenvalue weighted by atomic mass is 10.2. The molecule has 0 atom stereocenters. The van der Waals surface area contributed by atoms with Gasteiger partial charge in [-0.1, -0.05) is 23.7 Å². The third-order valence-electron chi connectivity index (χ3n) is 4.02. The summed E-state index contributed by atoms with van der Waals surface area (Å²) < 4.78 is 10.1. The zero-order valence-corrected chi connectivity index (χ0v) is 17.2. The molecule has 0 aromatic heterocycles. The van der Waals surface area contributed by atoms with Gasteiger partial charge in [-0.2, -0.15) is 0 Å². The summed E-state index contributed by atoms with van der Waals surface area (Å²) in [5, 5.41) is 2.44. The van der Waals surface area contributed by atoms with Crippen molar-refractivity contribution in [1.82, 2.24) is 4.90 Å². The molecule has 9 heteroatoms. The number of anilines is 1. The molecule has 150 valence electrons. The van der Waals surface area contributed by atoms with Crippen LogP contribution in [0.5, 0.6) is 11.5 Å². The molecule has 7 nitrogen and oxygen atoms in total. The minimum Gasteiger partial charge on any atom is -0.497 e. The van der Waals surface area contributed by atoms with E-state index in [0.29, 0.717) is 22.2 Å². The molecule has 1 N–H and O–H groups in total. The number of nitrogens with one attached hydrogen (secondary N) is 1. The second-order valence-electron chi connectivity index (χ2n) is 5.94. The summed E-state index contributed by atoms with van der Waals surface area (Å²) >= 11 is 6.82. The summed E-state index contributed by atoms with van der Waals surface area (Å²) in [7, 11) is 3.05. The first-order valence-electron chi connectivity index (χ1n) is 8.44. The average Bonchev–Trinajstić information content (AvgIpc) is 2.96. The Balaban J connectivity index is 1.67. The summed E-state index contributed by atoms with van der Waals surface area (Å²) in [6.45, 7) is -0.395. The number of hydrogen-bond acceptors (Lipinski definition) is 6. The van der Waals surface area contributed by atoms with E-state index >= 15 is 0 Å². The van der Waals surface area contributed by atoms with Gasteiger partial charge < -0.3 is 14.8 Å². The lowest BCUT2D eigenvalue weighted by Crippen LogP contribution is -2.36. The largest absolute Gasteiger partial charge is 0.497 e. The molecule has 0 radical (unpaired) electrons. The predicted molar refractivity (Wildman–Crippen MR) is 112 cm³/mol. The minimum atomic E-state index is -0.515. The second-order valence-corrected chi connectivity index (χ2v) is 7.34. The van der Waals surface area contributed by atoms with E-state index in [-0.39, 0.29) is 4.91 Å². The Morgan fingerprint density at radius 1 is 1.14 bits per heavy atom. The van der Waals surface area contributed by atoms with Gasteiger partial charge in [0.05, 0.1) is 24.1 Å². The van der Waals surface area contributed by atoms with E-state index in [1.54, 1.807) is 49.6 Å². The van der Waals surface area contributed by atoms with Crippen LogP contribution in [-0.4, -0.2) is 42.7 Å². The van der Waals surface area contributed by atoms with Crippen LogP contribution in [0.2, 0.25) is 5.02 Å². The van der Waals surface area contributed by atoms with Crippen molar-refractivity contribution < 1.29 is 23.9 Å². The number of hydrogen-bond donors (Lipinski definition) is 1. The van der Waals surface area contributed by atoms with Gasteiger partial charge in [-0.25, -0.2) is 0 Å². The predicted octanol–water partition coefficient (Wildman–Crippen LogP) is 4.03. The third kappa shape index (κ3) is 4.90. The molecule has 1 saturated heterocycles. The van der Waals surface area contributed by atoms with Crippen molar-refractivity contribution in [1.29, 1.82) is 0 Å². The standard InChI is InChI=1S/C20H17ClN2O5S/c1-27-14-6-3-12(4-7-14)9-17-19(25)23(20(26)29-17)11-18(24)22-13-5-8-16(28-2)15(21)10-13/h3-10H,11H2,1-2H3,(H,22,24). The molecule has 2 aromatic carbocycles. The zero-order chi connectivity index (χ0) is 21.0. The van der Waals surface area contributed by atoms with Crippen LogP contribution < -0.4 is 14.8 Å². The quantitative estimate of drug-likeness (QED) is 0.693. The number of carbonyl (C=O) groups is 3. The van der Waals surface area contributed by atoms with Gasteiger partial charge in [-0.3, -0.25) is 19.3 Å². The lowest BCUT2D eigenvalue weighted by molar-refractivity contribution is -0.127. The average molecular weight is 433 g/mol. The summed E-state index contributed by atoms with van der Waals surface area (Å²) in [5.74, 6) is 0.128. The van der Waals surface area contributed by atoms with Gasteiger partial charge >= 0.3 is 0 Å². The SMILES string of the molecule is COc1ccc(C=C2SC(=O)N(CC(=O)Nc3ccc(OC)c(Cl)c3)C2=O)cc1. The lowest BCUT2D eigenvalue weighted by Gasteiger charge is -2.13. The molecule has 1 fully saturated rings. The normalized spacial score (nSPS) is 15.0. The summed E-state index contributed by atoms with van der Waals surface area (Å²) in [6.07, 6.45) is 1.60. The van der Waals surface area contributed by atoms with Crippen molar-refractivity contribution >= 4 is 52.2 Å². The monoisotopic (exact) mass is 432 g/mol. The maximum absolute atomic E-state index is 12.5. The molecule has 2 aromatic rings. The van der Waals surface area contributed by atoms with Crippen molar-refractivity contribution in [3.8, 4) is 11.5 Å². The minimum absolute atomic E-state index is 0.250. The number of halogens is 1. The molecular weight excluding hydrogens is 416 g/mol. The first-order valence-corrected chi connectivity index (χ1v) is 9.63. The molecule has 1 aliphatic rings. The van der Waals surface area contributed by atoms with Gasteiger partial charge in [0.2, 0.25) is 5.91 Å². The molecule has 0 saturated carbocycles. The first-order chi connectivity index (χ1) is 13.9. The van der Waals surface area contributed by atoms with Crippen molar-refractivity contribution in [2.24, 2.45) is 0 Å². The third-order valence-corrected chi connectivity index (χ3v) is 5.23. The topological polar surface area (TPSA) is 84.9 Å². The van der Waals surface area contributed by atoms with E-state index in [1.807, 2.05) is 0 Å². The summed E-state index contributed by atoms with van der Waals surface area (Å²) in [4.78, 5) is 38.2. The van der Waals surface area contributed by atoms with Crippen LogP contribution in [0.15, 0.2) is 47.4 Å². The Labute approximate surface area is 176 Å². The van der Waals surface area contributed by atoms with Gasteiger partial charge in [0.15, 0.2) is 0 Å². The summed E-state index contributed by atoms with van der Waals surface area (Å²) in [5.41, 5.74) is 1.18. The molecule has 0 unspecified atom stereocenters. The van der Waals surface area contributed by atoms with Crippen molar-refractivity contribution in [3.05, 3.63) is 58.0 Å². The van der Waals surface area contributed by atoms with Crippen LogP contribution in [0.3, 0.4) is 0 Å². The first kappa shape index (κ1) is 20.8. The Morgan fingerprint density at radius 2 is 1.86 bits per heavy atom. The van der Waals surface area contributed by atoms with Crippen LogP contribution in [0.4, 0.5) is 10.5 Å². The molecular formula is C20H17ClN2O5S. The molecule has 1 aliphatic heterocycles. The Hall–Kier alpha value is -2.97. The Kier molecular flexibility index (Phi) is 6.46. The summed E-state index contributed by atoms with van der Waals surface area (Å²) in [6, 6.07) is 11.8. The van der Waals surface area contributed by atoms with Gasteiger partial charge in [-0.05, 0) is 53.7 Å². The van der Waals surface area contributed by atoms with Crippen LogP contribution in [0.1, 0.15) is 5.56 Å². The smallest absolute Gasteiger partial charge is 0.294 e. The molecule has 3 rings (SSSR count). The number of rotatable bonds is 6.